The van der Waals surface area contributed by atoms with Crippen molar-refractivity contribution in [3.8, 4) is 11.5 Å². The molecule has 0 saturated heterocycles. The van der Waals surface area contributed by atoms with Crippen LogP contribution < -0.4 is 20.5 Å². The monoisotopic (exact) mass is 312 g/mol. The molecule has 2 aromatic rings. The van der Waals surface area contributed by atoms with Crippen molar-refractivity contribution in [2.45, 2.75) is 6.42 Å². The average molecular weight is 312 g/mol. The van der Waals surface area contributed by atoms with Gasteiger partial charge in [0.1, 0.15) is 13.2 Å². The van der Waals surface area contributed by atoms with E-state index in [1.165, 1.54) is 0 Å². The molecule has 6 nitrogen and oxygen atoms in total. The number of para-hydroxylation sites is 1. The number of nitrogens with one attached hydrogen (secondary N) is 1. The fourth-order valence-electron chi connectivity index (χ4n) is 2.38. The van der Waals surface area contributed by atoms with E-state index in [2.05, 4.69) is 5.32 Å². The highest BCUT2D eigenvalue weighted by atomic mass is 16.6. The SMILES string of the molecule is NC(=O)c1ccccc1NC(=O)Cc1ccc2c(c1)OCCO2. The van der Waals surface area contributed by atoms with Gasteiger partial charge in [0.25, 0.3) is 5.91 Å². The van der Waals surface area contributed by atoms with Crippen LogP contribution in [0.4, 0.5) is 5.69 Å². The van der Waals surface area contributed by atoms with E-state index in [4.69, 9.17) is 15.2 Å². The van der Waals surface area contributed by atoms with Crippen LogP contribution in [0.3, 0.4) is 0 Å². The number of carbonyl (C=O) groups excluding carboxylic acids is 2. The molecule has 0 saturated carbocycles. The standard InChI is InChI=1S/C17H16N2O4/c18-17(21)12-3-1-2-4-13(12)19-16(20)10-11-5-6-14-15(9-11)23-8-7-22-14/h1-6,9H,7-8,10H2,(H2,18,21)(H,19,20). The molecule has 2 amide bonds. The van der Waals surface area contributed by atoms with Crippen molar-refractivity contribution < 1.29 is 19.1 Å². The second-order valence-corrected chi connectivity index (χ2v) is 5.11. The number of carbonyl (C=O) groups is 2. The Kier molecular flexibility index (Phi) is 4.14. The first-order valence-electron chi connectivity index (χ1n) is 7.21. The first-order chi connectivity index (χ1) is 11.1. The van der Waals surface area contributed by atoms with Crippen molar-refractivity contribution in [2.24, 2.45) is 5.73 Å². The van der Waals surface area contributed by atoms with Crippen LogP contribution in [0.5, 0.6) is 11.5 Å². The molecule has 0 fully saturated rings. The van der Waals surface area contributed by atoms with Crippen molar-refractivity contribution in [3.63, 3.8) is 0 Å². The summed E-state index contributed by atoms with van der Waals surface area (Å²) in [4.78, 5) is 23.6. The number of nitrogens with two attached hydrogens (primary N) is 1. The van der Waals surface area contributed by atoms with E-state index in [-0.39, 0.29) is 17.9 Å². The fraction of sp³-hybridized carbons (Fsp3) is 0.176. The van der Waals surface area contributed by atoms with Gasteiger partial charge in [0.05, 0.1) is 17.7 Å². The van der Waals surface area contributed by atoms with E-state index in [9.17, 15) is 9.59 Å². The molecular formula is C17H16N2O4. The Bertz CT molecular complexity index is 758. The number of fused-ring (bicyclic) bond motifs is 1. The first kappa shape index (κ1) is 14.9. The Morgan fingerprint density at radius 3 is 2.57 bits per heavy atom. The van der Waals surface area contributed by atoms with Gasteiger partial charge in [-0.15, -0.1) is 0 Å². The lowest BCUT2D eigenvalue weighted by molar-refractivity contribution is -0.115. The Labute approximate surface area is 133 Å². The van der Waals surface area contributed by atoms with Crippen LogP contribution >= 0.6 is 0 Å². The highest BCUT2D eigenvalue weighted by Gasteiger charge is 2.14. The molecule has 1 heterocycles. The van der Waals surface area contributed by atoms with Gasteiger partial charge in [-0.1, -0.05) is 18.2 Å². The van der Waals surface area contributed by atoms with Gasteiger partial charge >= 0.3 is 0 Å². The quantitative estimate of drug-likeness (QED) is 0.899. The summed E-state index contributed by atoms with van der Waals surface area (Å²) in [5, 5.41) is 2.71. The summed E-state index contributed by atoms with van der Waals surface area (Å²) < 4.78 is 10.9. The molecule has 0 unspecified atom stereocenters. The van der Waals surface area contributed by atoms with E-state index in [1.54, 1.807) is 36.4 Å². The normalized spacial score (nSPS) is 12.5. The van der Waals surface area contributed by atoms with Crippen molar-refractivity contribution in [1.29, 1.82) is 0 Å². The summed E-state index contributed by atoms with van der Waals surface area (Å²) >= 11 is 0. The van der Waals surface area contributed by atoms with Crippen LogP contribution in [-0.2, 0) is 11.2 Å². The van der Waals surface area contributed by atoms with E-state index >= 15 is 0 Å². The molecule has 118 valence electrons. The van der Waals surface area contributed by atoms with Crippen LogP contribution in [0.25, 0.3) is 0 Å². The molecule has 0 spiro atoms. The molecule has 23 heavy (non-hydrogen) atoms. The molecule has 3 rings (SSSR count). The molecule has 1 aliphatic rings. The average Bonchev–Trinajstić information content (AvgIpc) is 2.55. The van der Waals surface area contributed by atoms with Crippen LogP contribution in [0.15, 0.2) is 42.5 Å². The molecule has 0 bridgehead atoms. The van der Waals surface area contributed by atoms with Gasteiger partial charge in [-0.05, 0) is 29.8 Å². The highest BCUT2D eigenvalue weighted by molar-refractivity contribution is 6.03. The fourth-order valence-corrected chi connectivity index (χ4v) is 2.38. The predicted molar refractivity (Wildman–Crippen MR) is 84.7 cm³/mol. The Hall–Kier alpha value is -3.02. The van der Waals surface area contributed by atoms with Crippen LogP contribution in [0.1, 0.15) is 15.9 Å². The second-order valence-electron chi connectivity index (χ2n) is 5.11. The molecule has 2 aromatic carbocycles. The molecular weight excluding hydrogens is 296 g/mol. The third-order valence-corrected chi connectivity index (χ3v) is 3.44. The number of primary amides is 1. The maximum Gasteiger partial charge on any atom is 0.250 e. The minimum atomic E-state index is -0.583. The number of amides is 2. The molecule has 0 aromatic heterocycles. The van der Waals surface area contributed by atoms with E-state index < -0.39 is 5.91 Å². The third kappa shape index (κ3) is 3.42. The highest BCUT2D eigenvalue weighted by Crippen LogP contribution is 2.30. The number of hydrogen-bond acceptors (Lipinski definition) is 4. The topological polar surface area (TPSA) is 90.7 Å². The summed E-state index contributed by atoms with van der Waals surface area (Å²) in [5.74, 6) is 0.495. The number of ether oxygens (including phenoxy) is 2. The zero-order valence-corrected chi connectivity index (χ0v) is 12.4. The van der Waals surface area contributed by atoms with Crippen molar-refractivity contribution in [2.75, 3.05) is 18.5 Å². The minimum Gasteiger partial charge on any atom is -0.486 e. The largest absolute Gasteiger partial charge is 0.486 e. The lowest BCUT2D eigenvalue weighted by atomic mass is 10.1. The van der Waals surface area contributed by atoms with Crippen molar-refractivity contribution >= 4 is 17.5 Å². The molecule has 0 radical (unpaired) electrons. The summed E-state index contributed by atoms with van der Waals surface area (Å²) in [6.45, 7) is 1.02. The zero-order chi connectivity index (χ0) is 16.2. The van der Waals surface area contributed by atoms with E-state index in [0.29, 0.717) is 30.4 Å². The molecule has 3 N–H and O–H groups in total. The van der Waals surface area contributed by atoms with Gasteiger partial charge < -0.3 is 20.5 Å². The van der Waals surface area contributed by atoms with Gasteiger partial charge in [0, 0.05) is 0 Å². The van der Waals surface area contributed by atoms with Crippen LogP contribution in [0.2, 0.25) is 0 Å². The summed E-state index contributed by atoms with van der Waals surface area (Å²) in [7, 11) is 0. The number of benzene rings is 2. The summed E-state index contributed by atoms with van der Waals surface area (Å²) in [6, 6.07) is 12.0. The van der Waals surface area contributed by atoms with E-state index in [1.807, 2.05) is 6.07 Å². The van der Waals surface area contributed by atoms with Gasteiger partial charge in [-0.3, -0.25) is 9.59 Å². The lowest BCUT2D eigenvalue weighted by Gasteiger charge is -2.18. The maximum absolute atomic E-state index is 12.2. The lowest BCUT2D eigenvalue weighted by Crippen LogP contribution is -2.20. The number of hydrogen-bond donors (Lipinski definition) is 2. The van der Waals surface area contributed by atoms with Gasteiger partial charge in [0.2, 0.25) is 5.91 Å². The molecule has 6 heteroatoms. The van der Waals surface area contributed by atoms with Gasteiger partial charge in [-0.25, -0.2) is 0 Å². The Balaban J connectivity index is 1.72. The second kappa shape index (κ2) is 6.39. The van der Waals surface area contributed by atoms with Gasteiger partial charge in [0.15, 0.2) is 11.5 Å². The Morgan fingerprint density at radius 2 is 1.78 bits per heavy atom. The van der Waals surface area contributed by atoms with Crippen LogP contribution in [0, 0.1) is 0 Å². The number of anilines is 1. The molecule has 1 aliphatic heterocycles. The summed E-state index contributed by atoms with van der Waals surface area (Å²) in [5.41, 5.74) is 6.78. The predicted octanol–water partition coefficient (Wildman–Crippen LogP) is 1.74. The van der Waals surface area contributed by atoms with Crippen molar-refractivity contribution in [3.05, 3.63) is 53.6 Å². The number of rotatable bonds is 4. The van der Waals surface area contributed by atoms with E-state index in [0.717, 1.165) is 5.56 Å². The minimum absolute atomic E-state index is 0.156. The zero-order valence-electron chi connectivity index (χ0n) is 12.4. The van der Waals surface area contributed by atoms with Crippen LogP contribution in [-0.4, -0.2) is 25.0 Å². The molecule has 0 atom stereocenters. The first-order valence-corrected chi connectivity index (χ1v) is 7.21. The maximum atomic E-state index is 12.2. The molecule has 0 aliphatic carbocycles. The van der Waals surface area contributed by atoms with Gasteiger partial charge in [-0.2, -0.15) is 0 Å². The van der Waals surface area contributed by atoms with Crippen molar-refractivity contribution in [1.82, 2.24) is 0 Å². The Morgan fingerprint density at radius 1 is 1.04 bits per heavy atom. The third-order valence-electron chi connectivity index (χ3n) is 3.44. The smallest absolute Gasteiger partial charge is 0.250 e. The summed E-state index contributed by atoms with van der Waals surface area (Å²) in [6.07, 6.45) is 0.156.